The molecule has 90 valence electrons. The molecular weight excluding hydrogens is 206 g/mol. The third kappa shape index (κ3) is 4.18. The lowest BCUT2D eigenvalue weighted by Crippen LogP contribution is -2.36. The van der Waals surface area contributed by atoms with Crippen LogP contribution in [0.25, 0.3) is 0 Å². The zero-order chi connectivity index (χ0) is 11.8. The van der Waals surface area contributed by atoms with Crippen LogP contribution in [0.5, 0.6) is 5.75 Å². The fraction of sp³-hybridized carbons (Fsp3) is 0.500. The molecule has 0 bridgehead atoms. The van der Waals surface area contributed by atoms with Gasteiger partial charge in [0.1, 0.15) is 5.75 Å². The minimum atomic E-state index is -0.231. The molecule has 0 saturated carbocycles. The molecule has 0 saturated heterocycles. The molecule has 0 spiro atoms. The summed E-state index contributed by atoms with van der Waals surface area (Å²) in [5, 5.41) is 20.8. The molecule has 0 aliphatic rings. The van der Waals surface area contributed by atoms with Crippen LogP contribution in [-0.2, 0) is 6.42 Å². The van der Waals surface area contributed by atoms with E-state index in [0.717, 1.165) is 18.7 Å². The first kappa shape index (κ1) is 13.0. The zero-order valence-electron chi connectivity index (χ0n) is 9.52. The van der Waals surface area contributed by atoms with Gasteiger partial charge in [0.05, 0.1) is 26.4 Å². The van der Waals surface area contributed by atoms with E-state index in [1.54, 1.807) is 7.11 Å². The summed E-state index contributed by atoms with van der Waals surface area (Å²) in [5.41, 5.74) is 1.17. The molecule has 0 heterocycles. The maximum atomic E-state index is 8.86. The van der Waals surface area contributed by atoms with Gasteiger partial charge in [0.25, 0.3) is 0 Å². The van der Waals surface area contributed by atoms with E-state index in [4.69, 9.17) is 14.9 Å². The van der Waals surface area contributed by atoms with Crippen molar-refractivity contribution >= 4 is 0 Å². The van der Waals surface area contributed by atoms with E-state index in [0.29, 0.717) is 0 Å². The second-order valence-corrected chi connectivity index (χ2v) is 3.62. The normalized spacial score (nSPS) is 10.8. The summed E-state index contributed by atoms with van der Waals surface area (Å²) in [6, 6.07) is 7.63. The Balaban J connectivity index is 2.36. The third-order valence-corrected chi connectivity index (χ3v) is 2.42. The number of nitrogens with one attached hydrogen (secondary N) is 1. The number of aliphatic hydroxyl groups excluding tert-OH is 2. The smallest absolute Gasteiger partial charge is 0.119 e. The van der Waals surface area contributed by atoms with Gasteiger partial charge < -0.3 is 20.3 Å². The molecule has 1 rings (SSSR count). The van der Waals surface area contributed by atoms with Gasteiger partial charge in [-0.25, -0.2) is 0 Å². The van der Waals surface area contributed by atoms with Gasteiger partial charge in [-0.05, 0) is 30.7 Å². The summed E-state index contributed by atoms with van der Waals surface area (Å²) >= 11 is 0. The van der Waals surface area contributed by atoms with Gasteiger partial charge >= 0.3 is 0 Å². The first-order chi connectivity index (χ1) is 7.80. The van der Waals surface area contributed by atoms with E-state index in [2.05, 4.69) is 5.32 Å². The number of benzene rings is 1. The summed E-state index contributed by atoms with van der Waals surface area (Å²) in [6.45, 7) is 0.627. The molecule has 0 aliphatic carbocycles. The van der Waals surface area contributed by atoms with Gasteiger partial charge in [0.15, 0.2) is 0 Å². The lowest BCUT2D eigenvalue weighted by molar-refractivity contribution is 0.171. The molecule has 0 amide bonds. The topological polar surface area (TPSA) is 61.7 Å². The molecule has 4 heteroatoms. The summed E-state index contributed by atoms with van der Waals surface area (Å²) in [4.78, 5) is 0. The van der Waals surface area contributed by atoms with Crippen molar-refractivity contribution in [1.29, 1.82) is 0 Å². The van der Waals surface area contributed by atoms with Gasteiger partial charge in [-0.3, -0.25) is 0 Å². The zero-order valence-corrected chi connectivity index (χ0v) is 9.52. The largest absolute Gasteiger partial charge is 0.497 e. The van der Waals surface area contributed by atoms with Crippen LogP contribution in [0.3, 0.4) is 0 Å². The minimum Gasteiger partial charge on any atom is -0.497 e. The fourth-order valence-corrected chi connectivity index (χ4v) is 1.44. The summed E-state index contributed by atoms with van der Waals surface area (Å²) in [5.74, 6) is 0.846. The number of methoxy groups -OCH3 is 1. The van der Waals surface area contributed by atoms with E-state index < -0.39 is 0 Å². The molecule has 1 aromatic carbocycles. The van der Waals surface area contributed by atoms with Crippen molar-refractivity contribution in [3.05, 3.63) is 29.8 Å². The summed E-state index contributed by atoms with van der Waals surface area (Å²) < 4.78 is 5.12. The number of hydrogen-bond acceptors (Lipinski definition) is 4. The van der Waals surface area contributed by atoms with E-state index >= 15 is 0 Å². The molecule has 0 atom stereocenters. The van der Waals surface area contributed by atoms with Crippen LogP contribution in [-0.4, -0.2) is 43.1 Å². The Bertz CT molecular complexity index is 300. The SMILES string of the molecule is COc1cccc(CCNC(CO)CO)c1. The highest BCUT2D eigenvalue weighted by atomic mass is 16.5. The van der Waals surface area contributed by atoms with Crippen molar-refractivity contribution in [2.24, 2.45) is 0 Å². The number of aliphatic hydroxyl groups is 2. The number of rotatable bonds is 7. The number of hydrogen-bond donors (Lipinski definition) is 3. The van der Waals surface area contributed by atoms with E-state index in [9.17, 15) is 0 Å². The standard InChI is InChI=1S/C12H19NO3/c1-16-12-4-2-3-10(7-12)5-6-13-11(8-14)9-15/h2-4,7,11,13-15H,5-6,8-9H2,1H3. The fourth-order valence-electron chi connectivity index (χ4n) is 1.44. The second kappa shape index (κ2) is 7.22. The van der Waals surface area contributed by atoms with Crippen molar-refractivity contribution in [1.82, 2.24) is 5.32 Å². The lowest BCUT2D eigenvalue weighted by Gasteiger charge is -2.13. The summed E-state index contributed by atoms with van der Waals surface area (Å²) in [6.07, 6.45) is 0.841. The molecule has 0 aliphatic heterocycles. The molecular formula is C12H19NO3. The predicted octanol–water partition coefficient (Wildman–Crippen LogP) is 0.180. The molecule has 0 unspecified atom stereocenters. The van der Waals surface area contributed by atoms with Crippen LogP contribution >= 0.6 is 0 Å². The highest BCUT2D eigenvalue weighted by molar-refractivity contribution is 5.28. The summed E-state index contributed by atoms with van der Waals surface area (Å²) in [7, 11) is 1.64. The molecule has 4 nitrogen and oxygen atoms in total. The predicted molar refractivity (Wildman–Crippen MR) is 62.7 cm³/mol. The van der Waals surface area contributed by atoms with E-state index in [-0.39, 0.29) is 19.3 Å². The van der Waals surface area contributed by atoms with Crippen LogP contribution in [0.4, 0.5) is 0 Å². The van der Waals surface area contributed by atoms with Crippen LogP contribution < -0.4 is 10.1 Å². The van der Waals surface area contributed by atoms with Crippen molar-refractivity contribution < 1.29 is 14.9 Å². The average molecular weight is 225 g/mol. The maximum Gasteiger partial charge on any atom is 0.119 e. The third-order valence-electron chi connectivity index (χ3n) is 2.42. The average Bonchev–Trinajstić information content (AvgIpc) is 2.35. The lowest BCUT2D eigenvalue weighted by atomic mass is 10.1. The first-order valence-electron chi connectivity index (χ1n) is 5.38. The Kier molecular flexibility index (Phi) is 5.85. The molecule has 3 N–H and O–H groups in total. The first-order valence-corrected chi connectivity index (χ1v) is 5.38. The highest BCUT2D eigenvalue weighted by Crippen LogP contribution is 2.12. The van der Waals surface area contributed by atoms with E-state index in [1.807, 2.05) is 24.3 Å². The Hall–Kier alpha value is -1.10. The maximum absolute atomic E-state index is 8.86. The second-order valence-electron chi connectivity index (χ2n) is 3.62. The van der Waals surface area contributed by atoms with Crippen molar-refractivity contribution in [3.8, 4) is 5.75 Å². The van der Waals surface area contributed by atoms with E-state index in [1.165, 1.54) is 5.56 Å². The van der Waals surface area contributed by atoms with Crippen molar-refractivity contribution in [2.45, 2.75) is 12.5 Å². The van der Waals surface area contributed by atoms with Crippen LogP contribution in [0.2, 0.25) is 0 Å². The molecule has 0 fully saturated rings. The molecule has 0 radical (unpaired) electrons. The molecule has 0 aromatic heterocycles. The van der Waals surface area contributed by atoms with Gasteiger partial charge in [-0.2, -0.15) is 0 Å². The minimum absolute atomic E-state index is 0.0470. The quantitative estimate of drug-likeness (QED) is 0.619. The Morgan fingerprint density at radius 3 is 2.69 bits per heavy atom. The number of ether oxygens (including phenoxy) is 1. The highest BCUT2D eigenvalue weighted by Gasteiger charge is 2.03. The van der Waals surface area contributed by atoms with Gasteiger partial charge in [-0.15, -0.1) is 0 Å². The van der Waals surface area contributed by atoms with Crippen molar-refractivity contribution in [3.63, 3.8) is 0 Å². The Morgan fingerprint density at radius 2 is 2.06 bits per heavy atom. The van der Waals surface area contributed by atoms with Crippen molar-refractivity contribution in [2.75, 3.05) is 26.9 Å². The molecule has 1 aromatic rings. The van der Waals surface area contributed by atoms with Gasteiger partial charge in [-0.1, -0.05) is 12.1 Å². The monoisotopic (exact) mass is 225 g/mol. The van der Waals surface area contributed by atoms with Crippen LogP contribution in [0, 0.1) is 0 Å². The van der Waals surface area contributed by atoms with Crippen LogP contribution in [0.15, 0.2) is 24.3 Å². The van der Waals surface area contributed by atoms with Gasteiger partial charge in [0, 0.05) is 0 Å². The molecule has 16 heavy (non-hydrogen) atoms. The Labute approximate surface area is 95.9 Å². The Morgan fingerprint density at radius 1 is 1.31 bits per heavy atom. The van der Waals surface area contributed by atoms with Crippen LogP contribution in [0.1, 0.15) is 5.56 Å². The van der Waals surface area contributed by atoms with Gasteiger partial charge in [0.2, 0.25) is 0 Å².